The van der Waals surface area contributed by atoms with Gasteiger partial charge in [0.25, 0.3) is 5.91 Å². The lowest BCUT2D eigenvalue weighted by Gasteiger charge is -2.37. The van der Waals surface area contributed by atoms with Crippen LogP contribution in [0.25, 0.3) is 0 Å². The molecule has 0 radical (unpaired) electrons. The van der Waals surface area contributed by atoms with Gasteiger partial charge in [-0.05, 0) is 18.8 Å². The van der Waals surface area contributed by atoms with Gasteiger partial charge in [0.05, 0.1) is 0 Å². The van der Waals surface area contributed by atoms with Crippen LogP contribution in [0.4, 0.5) is 0 Å². The molecule has 0 aromatic carbocycles. The average Bonchev–Trinajstić information content (AvgIpc) is 2.28. The minimum Gasteiger partial charge on any atom is -0.401 e. The van der Waals surface area contributed by atoms with Crippen LogP contribution in [-0.4, -0.2) is 25.0 Å². The second kappa shape index (κ2) is 6.00. The Hall–Kier alpha value is -1.36. The Morgan fingerprint density at radius 3 is 2.39 bits per heavy atom. The number of hydrogen-bond acceptors (Lipinski definition) is 4. The van der Waals surface area contributed by atoms with Crippen molar-refractivity contribution in [3.63, 3.8) is 0 Å². The molecular formula is C13H22N2O3. The van der Waals surface area contributed by atoms with Crippen LogP contribution in [0.1, 0.15) is 33.6 Å². The molecule has 0 spiro atoms. The van der Waals surface area contributed by atoms with Crippen LogP contribution in [0.15, 0.2) is 11.8 Å². The van der Waals surface area contributed by atoms with E-state index in [0.29, 0.717) is 11.6 Å². The van der Waals surface area contributed by atoms with E-state index < -0.39 is 5.91 Å². The number of amides is 2. The topological polar surface area (TPSA) is 81.4 Å². The van der Waals surface area contributed by atoms with Crippen molar-refractivity contribution in [2.24, 2.45) is 17.1 Å². The number of carbonyl (C=O) groups excluding carboxylic acids is 2. The van der Waals surface area contributed by atoms with Gasteiger partial charge in [-0.25, -0.2) is 0 Å². The molecule has 1 heterocycles. The number of nitrogens with two attached hydrogens (primary N) is 1. The first-order valence-electron chi connectivity index (χ1n) is 6.21. The SMILES string of the molecule is CC(=O)NC(=O)C=C(N)C(C)(C)C1CCOCC1. The van der Waals surface area contributed by atoms with Gasteiger partial charge in [-0.15, -0.1) is 0 Å². The van der Waals surface area contributed by atoms with E-state index in [9.17, 15) is 9.59 Å². The highest BCUT2D eigenvalue weighted by atomic mass is 16.5. The highest BCUT2D eigenvalue weighted by molar-refractivity contribution is 6.00. The van der Waals surface area contributed by atoms with E-state index in [1.54, 1.807) is 0 Å². The molecule has 1 fully saturated rings. The highest BCUT2D eigenvalue weighted by Gasteiger charge is 2.33. The number of rotatable bonds is 3. The van der Waals surface area contributed by atoms with Crippen molar-refractivity contribution in [3.8, 4) is 0 Å². The molecule has 0 saturated carbocycles. The fraction of sp³-hybridized carbons (Fsp3) is 0.692. The minimum atomic E-state index is -0.458. The lowest BCUT2D eigenvalue weighted by Crippen LogP contribution is -2.36. The molecule has 0 unspecified atom stereocenters. The fourth-order valence-corrected chi connectivity index (χ4v) is 2.19. The van der Waals surface area contributed by atoms with Crippen LogP contribution in [0, 0.1) is 11.3 Å². The Morgan fingerprint density at radius 2 is 1.89 bits per heavy atom. The number of hydrogen-bond donors (Lipinski definition) is 2. The van der Waals surface area contributed by atoms with E-state index in [-0.39, 0.29) is 11.3 Å². The maximum absolute atomic E-state index is 11.5. The third-order valence-corrected chi connectivity index (χ3v) is 3.57. The van der Waals surface area contributed by atoms with Gasteiger partial charge < -0.3 is 10.5 Å². The lowest BCUT2D eigenvalue weighted by molar-refractivity contribution is -0.126. The van der Waals surface area contributed by atoms with E-state index in [2.05, 4.69) is 5.32 Å². The summed E-state index contributed by atoms with van der Waals surface area (Å²) in [6, 6.07) is 0. The van der Waals surface area contributed by atoms with Crippen LogP contribution in [0.2, 0.25) is 0 Å². The first-order chi connectivity index (χ1) is 8.34. The Bertz CT molecular complexity index is 355. The third kappa shape index (κ3) is 3.84. The molecule has 3 N–H and O–H groups in total. The zero-order chi connectivity index (χ0) is 13.8. The summed E-state index contributed by atoms with van der Waals surface area (Å²) in [7, 11) is 0. The van der Waals surface area contributed by atoms with Crippen LogP contribution in [0.3, 0.4) is 0 Å². The summed E-state index contributed by atoms with van der Waals surface area (Å²) < 4.78 is 5.32. The van der Waals surface area contributed by atoms with Gasteiger partial charge in [0.15, 0.2) is 0 Å². The summed E-state index contributed by atoms with van der Waals surface area (Å²) in [4.78, 5) is 22.2. The summed E-state index contributed by atoms with van der Waals surface area (Å²) in [5.74, 6) is -0.444. The summed E-state index contributed by atoms with van der Waals surface area (Å²) in [5.41, 5.74) is 6.25. The summed E-state index contributed by atoms with van der Waals surface area (Å²) in [5, 5.41) is 2.19. The van der Waals surface area contributed by atoms with E-state index >= 15 is 0 Å². The standard InChI is InChI=1S/C13H22N2O3/c1-9(16)15-12(17)8-11(14)13(2,3)10-4-6-18-7-5-10/h8,10H,4-7,14H2,1-3H3,(H,15,16,17). The summed E-state index contributed by atoms with van der Waals surface area (Å²) in [6.45, 7) is 6.82. The van der Waals surface area contributed by atoms with Crippen molar-refractivity contribution in [1.29, 1.82) is 0 Å². The zero-order valence-corrected chi connectivity index (χ0v) is 11.3. The van der Waals surface area contributed by atoms with Crippen molar-refractivity contribution < 1.29 is 14.3 Å². The number of carbonyl (C=O) groups is 2. The molecule has 0 bridgehead atoms. The normalized spacial score (nSPS) is 18.5. The molecule has 1 aliphatic heterocycles. The first kappa shape index (κ1) is 14.7. The van der Waals surface area contributed by atoms with Gasteiger partial charge in [-0.3, -0.25) is 14.9 Å². The van der Waals surface area contributed by atoms with Crippen LogP contribution >= 0.6 is 0 Å². The first-order valence-corrected chi connectivity index (χ1v) is 6.21. The smallest absolute Gasteiger partial charge is 0.252 e. The molecule has 18 heavy (non-hydrogen) atoms. The third-order valence-electron chi connectivity index (χ3n) is 3.57. The van der Waals surface area contributed by atoms with Crippen molar-refractivity contribution in [2.45, 2.75) is 33.6 Å². The van der Waals surface area contributed by atoms with Gasteiger partial charge in [-0.2, -0.15) is 0 Å². The molecule has 0 aromatic rings. The molecule has 0 aliphatic carbocycles. The Balaban J connectivity index is 2.73. The molecule has 1 rings (SSSR count). The Morgan fingerprint density at radius 1 is 1.33 bits per heavy atom. The van der Waals surface area contributed by atoms with E-state index in [0.717, 1.165) is 26.1 Å². The maximum atomic E-state index is 11.5. The predicted molar refractivity (Wildman–Crippen MR) is 68.4 cm³/mol. The molecule has 0 aromatic heterocycles. The maximum Gasteiger partial charge on any atom is 0.252 e. The molecule has 2 amide bonds. The molecular weight excluding hydrogens is 232 g/mol. The van der Waals surface area contributed by atoms with Crippen molar-refractivity contribution in [2.75, 3.05) is 13.2 Å². The molecule has 0 atom stereocenters. The van der Waals surface area contributed by atoms with E-state index in [1.807, 2.05) is 13.8 Å². The predicted octanol–water partition coefficient (Wildman–Crippen LogP) is 0.944. The monoisotopic (exact) mass is 254 g/mol. The van der Waals surface area contributed by atoms with Gasteiger partial charge in [-0.1, -0.05) is 13.8 Å². The van der Waals surface area contributed by atoms with E-state index in [1.165, 1.54) is 13.0 Å². The van der Waals surface area contributed by atoms with Crippen LogP contribution < -0.4 is 11.1 Å². The van der Waals surface area contributed by atoms with Gasteiger partial charge in [0.1, 0.15) is 0 Å². The molecule has 1 aliphatic rings. The molecule has 1 saturated heterocycles. The van der Waals surface area contributed by atoms with Crippen LogP contribution in [0.5, 0.6) is 0 Å². The number of ether oxygens (including phenoxy) is 1. The second-order valence-electron chi connectivity index (χ2n) is 5.25. The molecule has 102 valence electrons. The van der Waals surface area contributed by atoms with Crippen molar-refractivity contribution in [1.82, 2.24) is 5.32 Å². The zero-order valence-electron chi connectivity index (χ0n) is 11.3. The quantitative estimate of drug-likeness (QED) is 0.735. The van der Waals surface area contributed by atoms with Gasteiger partial charge >= 0.3 is 0 Å². The average molecular weight is 254 g/mol. The van der Waals surface area contributed by atoms with Crippen LogP contribution in [-0.2, 0) is 14.3 Å². The second-order valence-corrected chi connectivity index (χ2v) is 5.25. The summed E-state index contributed by atoms with van der Waals surface area (Å²) >= 11 is 0. The molecule has 5 heteroatoms. The van der Waals surface area contributed by atoms with E-state index in [4.69, 9.17) is 10.5 Å². The Kier molecular flexibility index (Phi) is 4.90. The lowest BCUT2D eigenvalue weighted by atomic mass is 9.72. The number of imide groups is 1. The highest BCUT2D eigenvalue weighted by Crippen LogP contribution is 2.38. The largest absolute Gasteiger partial charge is 0.401 e. The fourth-order valence-electron chi connectivity index (χ4n) is 2.19. The Labute approximate surface area is 108 Å². The number of nitrogens with one attached hydrogen (secondary N) is 1. The molecule has 5 nitrogen and oxygen atoms in total. The van der Waals surface area contributed by atoms with Gasteiger partial charge in [0, 0.05) is 37.3 Å². The van der Waals surface area contributed by atoms with Gasteiger partial charge in [0.2, 0.25) is 5.91 Å². The van der Waals surface area contributed by atoms with Crippen molar-refractivity contribution in [3.05, 3.63) is 11.8 Å². The van der Waals surface area contributed by atoms with Crippen molar-refractivity contribution >= 4 is 11.8 Å². The number of allylic oxidation sites excluding steroid dienone is 1. The summed E-state index contributed by atoms with van der Waals surface area (Å²) in [6.07, 6.45) is 3.20. The minimum absolute atomic E-state index is 0.266.